The van der Waals surface area contributed by atoms with E-state index < -0.39 is 0 Å². The van der Waals surface area contributed by atoms with Gasteiger partial charge in [0, 0.05) is 11.0 Å². The summed E-state index contributed by atoms with van der Waals surface area (Å²) in [7, 11) is 0. The van der Waals surface area contributed by atoms with Crippen molar-refractivity contribution in [1.29, 1.82) is 0 Å². The highest BCUT2D eigenvalue weighted by molar-refractivity contribution is 9.10. The summed E-state index contributed by atoms with van der Waals surface area (Å²) in [6.07, 6.45) is 1.67. The second kappa shape index (κ2) is 5.67. The molecule has 1 aromatic carbocycles. The van der Waals surface area contributed by atoms with Crippen LogP contribution in [0.3, 0.4) is 0 Å². The molecule has 5 heteroatoms. The molecule has 2 nitrogen and oxygen atoms in total. The van der Waals surface area contributed by atoms with Gasteiger partial charge in [-0.2, -0.15) is 0 Å². The number of pyridine rings is 1. The number of benzene rings is 1. The number of halogens is 3. The van der Waals surface area contributed by atoms with Gasteiger partial charge in [-0.25, -0.2) is 9.37 Å². The Morgan fingerprint density at radius 1 is 1.39 bits per heavy atom. The number of nitrogens with zero attached hydrogens (tertiary/aromatic N) is 1. The van der Waals surface area contributed by atoms with Crippen molar-refractivity contribution in [1.82, 2.24) is 4.98 Å². The molecule has 0 spiro atoms. The van der Waals surface area contributed by atoms with E-state index >= 15 is 0 Å². The van der Waals surface area contributed by atoms with Crippen LogP contribution in [0.5, 0.6) is 0 Å². The molecule has 0 saturated heterocycles. The van der Waals surface area contributed by atoms with Crippen LogP contribution in [-0.4, -0.2) is 4.98 Å². The van der Waals surface area contributed by atoms with E-state index in [1.54, 1.807) is 12.3 Å². The summed E-state index contributed by atoms with van der Waals surface area (Å²) in [5.41, 5.74) is 2.77. The van der Waals surface area contributed by atoms with Crippen molar-refractivity contribution >= 4 is 33.2 Å². The zero-order valence-corrected chi connectivity index (χ0v) is 12.0. The van der Waals surface area contributed by atoms with Gasteiger partial charge >= 0.3 is 0 Å². The van der Waals surface area contributed by atoms with Gasteiger partial charge < -0.3 is 5.32 Å². The minimum atomic E-state index is -0.255. The molecule has 0 atom stereocenters. The third kappa shape index (κ3) is 3.21. The van der Waals surface area contributed by atoms with Crippen molar-refractivity contribution in [2.45, 2.75) is 13.5 Å². The molecule has 0 unspecified atom stereocenters. The number of aromatic nitrogens is 1. The number of hydrogen-bond acceptors (Lipinski definition) is 2. The molecular formula is C13H11BrClFN2. The van der Waals surface area contributed by atoms with Gasteiger partial charge in [0.15, 0.2) is 0 Å². The summed E-state index contributed by atoms with van der Waals surface area (Å²) < 4.78 is 13.7. The molecule has 0 saturated carbocycles. The fourth-order valence-corrected chi connectivity index (χ4v) is 2.11. The first-order valence-corrected chi connectivity index (χ1v) is 6.53. The molecule has 0 radical (unpaired) electrons. The van der Waals surface area contributed by atoms with Gasteiger partial charge in [0.2, 0.25) is 0 Å². The molecule has 2 rings (SSSR count). The number of aryl methyl sites for hydroxylation is 1. The largest absolute Gasteiger partial charge is 0.380 e. The van der Waals surface area contributed by atoms with Gasteiger partial charge in [0.25, 0.3) is 0 Å². The van der Waals surface area contributed by atoms with E-state index in [4.69, 9.17) is 11.6 Å². The van der Waals surface area contributed by atoms with Crippen molar-refractivity contribution in [3.63, 3.8) is 0 Å². The highest BCUT2D eigenvalue weighted by Crippen LogP contribution is 2.20. The molecule has 1 N–H and O–H groups in total. The van der Waals surface area contributed by atoms with Crippen LogP contribution in [0.1, 0.15) is 11.1 Å². The lowest BCUT2D eigenvalue weighted by atomic mass is 10.2. The topological polar surface area (TPSA) is 24.9 Å². The summed E-state index contributed by atoms with van der Waals surface area (Å²) in [6.45, 7) is 2.48. The maximum absolute atomic E-state index is 12.9. The Morgan fingerprint density at radius 2 is 2.17 bits per heavy atom. The molecule has 0 aliphatic heterocycles. The molecule has 2 aromatic rings. The second-order valence-electron chi connectivity index (χ2n) is 3.92. The average Bonchev–Trinajstić information content (AvgIpc) is 2.32. The number of rotatable bonds is 3. The molecule has 0 aliphatic carbocycles. The molecule has 18 heavy (non-hydrogen) atoms. The lowest BCUT2D eigenvalue weighted by Gasteiger charge is -2.09. The number of hydrogen-bond donors (Lipinski definition) is 1. The highest BCUT2D eigenvalue weighted by Gasteiger charge is 2.03. The molecule has 0 aliphatic rings. The maximum Gasteiger partial charge on any atom is 0.132 e. The van der Waals surface area contributed by atoms with Crippen molar-refractivity contribution in [3.8, 4) is 0 Å². The third-order valence-electron chi connectivity index (χ3n) is 2.51. The zero-order valence-electron chi connectivity index (χ0n) is 9.67. The molecule has 0 fully saturated rings. The number of nitrogens with one attached hydrogen (secondary N) is 1. The first-order chi connectivity index (χ1) is 8.56. The molecule has 0 amide bonds. The van der Waals surface area contributed by atoms with E-state index in [0.29, 0.717) is 11.7 Å². The first kappa shape index (κ1) is 13.3. The van der Waals surface area contributed by atoms with E-state index in [9.17, 15) is 4.39 Å². The Hall–Kier alpha value is -1.13. The van der Waals surface area contributed by atoms with E-state index in [2.05, 4.69) is 26.2 Å². The molecular weight excluding hydrogens is 319 g/mol. The first-order valence-electron chi connectivity index (χ1n) is 5.36. The van der Waals surface area contributed by atoms with E-state index in [1.165, 1.54) is 12.1 Å². The Labute approximate surface area is 118 Å². The van der Waals surface area contributed by atoms with Crippen LogP contribution >= 0.6 is 27.5 Å². The lowest BCUT2D eigenvalue weighted by molar-refractivity contribution is 0.626. The molecule has 0 bridgehead atoms. The minimum absolute atomic E-state index is 0.255. The molecule has 1 heterocycles. The lowest BCUT2D eigenvalue weighted by Crippen LogP contribution is -2.01. The second-order valence-corrected chi connectivity index (χ2v) is 5.13. The fourth-order valence-electron chi connectivity index (χ4n) is 1.52. The van der Waals surface area contributed by atoms with Crippen molar-refractivity contribution in [2.75, 3.05) is 5.32 Å². The number of anilines is 1. The van der Waals surface area contributed by atoms with Crippen LogP contribution in [0.25, 0.3) is 0 Å². The van der Waals surface area contributed by atoms with Gasteiger partial charge in [-0.1, -0.05) is 33.6 Å². The average molecular weight is 330 g/mol. The molecule has 94 valence electrons. The normalized spacial score (nSPS) is 10.4. The van der Waals surface area contributed by atoms with E-state index in [0.717, 1.165) is 21.3 Å². The summed E-state index contributed by atoms with van der Waals surface area (Å²) in [6, 6.07) is 6.55. The monoisotopic (exact) mass is 328 g/mol. The Morgan fingerprint density at radius 3 is 2.83 bits per heavy atom. The maximum atomic E-state index is 12.9. The van der Waals surface area contributed by atoms with Crippen LogP contribution in [0.4, 0.5) is 10.1 Å². The van der Waals surface area contributed by atoms with Crippen molar-refractivity contribution in [2.24, 2.45) is 0 Å². The quantitative estimate of drug-likeness (QED) is 0.835. The Balaban J connectivity index is 2.09. The van der Waals surface area contributed by atoms with Crippen LogP contribution in [-0.2, 0) is 6.54 Å². The van der Waals surface area contributed by atoms with Crippen LogP contribution in [0.15, 0.2) is 34.9 Å². The summed E-state index contributed by atoms with van der Waals surface area (Å²) >= 11 is 9.18. The summed E-state index contributed by atoms with van der Waals surface area (Å²) in [5.74, 6) is -0.255. The van der Waals surface area contributed by atoms with Gasteiger partial charge in [-0.05, 0) is 36.2 Å². The van der Waals surface area contributed by atoms with Gasteiger partial charge in [-0.15, -0.1) is 0 Å². The predicted octanol–water partition coefficient (Wildman–Crippen LogP) is 4.56. The van der Waals surface area contributed by atoms with Crippen LogP contribution in [0, 0.1) is 12.7 Å². The van der Waals surface area contributed by atoms with Crippen molar-refractivity contribution < 1.29 is 4.39 Å². The summed E-state index contributed by atoms with van der Waals surface area (Å²) in [5, 5.41) is 3.72. The van der Waals surface area contributed by atoms with Gasteiger partial charge in [0.05, 0.1) is 11.9 Å². The zero-order chi connectivity index (χ0) is 13.1. The van der Waals surface area contributed by atoms with Crippen LogP contribution in [0.2, 0.25) is 5.15 Å². The minimum Gasteiger partial charge on any atom is -0.380 e. The fraction of sp³-hybridized carbons (Fsp3) is 0.154. The highest BCUT2D eigenvalue weighted by atomic mass is 79.9. The van der Waals surface area contributed by atoms with Gasteiger partial charge in [0.1, 0.15) is 11.0 Å². The Bertz CT molecular complexity index is 575. The Kier molecular flexibility index (Phi) is 4.19. The SMILES string of the molecule is Cc1cc(NCc2ccc(F)cc2Br)cnc1Cl. The van der Waals surface area contributed by atoms with Crippen LogP contribution < -0.4 is 5.32 Å². The van der Waals surface area contributed by atoms with Crippen molar-refractivity contribution in [3.05, 3.63) is 57.0 Å². The standard InChI is InChI=1S/C13H11BrClFN2/c1-8-4-11(7-18-13(8)15)17-6-9-2-3-10(16)5-12(9)14/h2-5,7,17H,6H2,1H3. The third-order valence-corrected chi connectivity index (χ3v) is 3.65. The van der Waals surface area contributed by atoms with Gasteiger partial charge in [-0.3, -0.25) is 0 Å². The van der Waals surface area contributed by atoms with E-state index in [1.807, 2.05) is 13.0 Å². The van der Waals surface area contributed by atoms with E-state index in [-0.39, 0.29) is 5.82 Å². The summed E-state index contributed by atoms with van der Waals surface area (Å²) in [4.78, 5) is 4.06. The predicted molar refractivity (Wildman–Crippen MR) is 75.4 cm³/mol. The molecule has 1 aromatic heterocycles. The smallest absolute Gasteiger partial charge is 0.132 e.